The average molecular weight is 1030 g/mol. The molecule has 2 N–H and O–H groups in total. The van der Waals surface area contributed by atoms with Gasteiger partial charge in [-0.2, -0.15) is 27.6 Å². The molecule has 2 aromatic heterocycles. The maximum atomic E-state index is 11.4. The second-order valence-corrected chi connectivity index (χ2v) is 19.1. The van der Waals surface area contributed by atoms with E-state index in [4.69, 9.17) is 23.9 Å². The van der Waals surface area contributed by atoms with Crippen LogP contribution in [0.25, 0.3) is 0 Å². The molecule has 21 nitrogen and oxygen atoms in total. The smallest absolute Gasteiger partial charge is 0.870 e. The van der Waals surface area contributed by atoms with Gasteiger partial charge in [-0.25, -0.2) is 16.3 Å². The number of ketones is 2. The summed E-state index contributed by atoms with van der Waals surface area (Å²) in [7, 11) is -0.364. The number of aryl methyl sites for hydroxylation is 2. The molecule has 72 heavy (non-hydrogen) atoms. The molecule has 2 saturated carbocycles. The Morgan fingerprint density at radius 3 is 1.64 bits per heavy atom. The summed E-state index contributed by atoms with van der Waals surface area (Å²) in [6.45, 7) is 5.75. The molecule has 11 rings (SSSR count). The fraction of sp³-hybridized carbons (Fsp3) is 0.571. The first-order valence-corrected chi connectivity index (χ1v) is 24.4. The maximum absolute atomic E-state index is 11.4. The largest absolute Gasteiger partial charge is 1.00 e. The number of carbonyl (C=O) groups excluding carboxylic acids is 8. The van der Waals surface area contributed by atoms with Crippen LogP contribution in [0.3, 0.4) is 0 Å². The number of β-lactam (4-membered cyclic amide) rings is 1. The van der Waals surface area contributed by atoms with Gasteiger partial charge in [-0.3, -0.25) is 37.7 Å². The zero-order valence-corrected chi connectivity index (χ0v) is 43.9. The molecule has 23 heteroatoms. The van der Waals surface area contributed by atoms with Crippen molar-refractivity contribution in [3.05, 3.63) is 93.3 Å². The molecule has 1 saturated heterocycles. The number of aliphatic imine (C=N–C) groups is 1. The fourth-order valence-electron chi connectivity index (χ4n) is 8.97. The van der Waals surface area contributed by atoms with Crippen LogP contribution in [0.1, 0.15) is 110 Å². The third-order valence-electron chi connectivity index (χ3n) is 12.4. The van der Waals surface area contributed by atoms with Crippen molar-refractivity contribution >= 4 is 52.1 Å². The Labute approximate surface area is 442 Å². The van der Waals surface area contributed by atoms with Gasteiger partial charge in [0, 0.05) is 62.7 Å². The fourth-order valence-corrected chi connectivity index (χ4v) is 8.97. The van der Waals surface area contributed by atoms with Crippen LogP contribution in [0, 0.1) is 35.5 Å². The van der Waals surface area contributed by atoms with Gasteiger partial charge >= 0.3 is 41.9 Å². The Morgan fingerprint density at radius 1 is 0.778 bits per heavy atom. The summed E-state index contributed by atoms with van der Waals surface area (Å²) in [5.41, 5.74) is -0.284. The number of aromatic nitrogens is 4. The van der Waals surface area contributed by atoms with Crippen LogP contribution < -0.4 is 46.0 Å². The van der Waals surface area contributed by atoms with E-state index in [1.807, 2.05) is 6.29 Å². The molecular formula is C49H66N6NaO15S-. The first kappa shape index (κ1) is 66.6. The van der Waals surface area contributed by atoms with Crippen LogP contribution >= 0.6 is 0 Å². The summed E-state index contributed by atoms with van der Waals surface area (Å²) in [6.07, 6.45) is 30.3. The van der Waals surface area contributed by atoms with Crippen molar-refractivity contribution in [1.29, 1.82) is 0 Å². The Kier molecular flexibility index (Phi) is 30.8. The minimum atomic E-state index is -3.16. The van der Waals surface area contributed by atoms with E-state index in [2.05, 4.69) is 74.8 Å². The third kappa shape index (κ3) is 20.6. The van der Waals surface area contributed by atoms with Crippen LogP contribution in [-0.4, -0.2) is 108 Å². The third-order valence-corrected chi connectivity index (χ3v) is 13.0. The van der Waals surface area contributed by atoms with Crippen LogP contribution in [-0.2, 0) is 70.2 Å². The molecule has 9 aliphatic rings. The van der Waals surface area contributed by atoms with Crippen molar-refractivity contribution in [2.75, 3.05) is 20.5 Å². The van der Waals surface area contributed by atoms with Gasteiger partial charge < -0.3 is 24.9 Å². The van der Waals surface area contributed by atoms with Crippen LogP contribution in [0.2, 0.25) is 0 Å². The first-order valence-electron chi connectivity index (χ1n) is 22.6. The van der Waals surface area contributed by atoms with Gasteiger partial charge in [0.2, 0.25) is 5.91 Å². The summed E-state index contributed by atoms with van der Waals surface area (Å²) in [5.74, 6) is 7.01. The zero-order chi connectivity index (χ0) is 51.3. The quantitative estimate of drug-likeness (QED) is 0.145. The maximum Gasteiger partial charge on any atom is 1.00 e. The molecule has 0 unspecified atom stereocenters. The second kappa shape index (κ2) is 33.3. The van der Waals surface area contributed by atoms with Crippen molar-refractivity contribution in [3.63, 3.8) is 0 Å². The topological polar surface area (TPSA) is 313 Å². The molecule has 3 fully saturated rings. The van der Waals surface area contributed by atoms with E-state index in [1.165, 1.54) is 53.4 Å². The summed E-state index contributed by atoms with van der Waals surface area (Å²) >= 11 is 0. The number of nitrogens with one attached hydrogen (secondary N) is 1. The van der Waals surface area contributed by atoms with Gasteiger partial charge in [-0.05, 0) is 82.0 Å². The SMILES string of the molecule is C.C1=CC2C=CC1C2.CC(=O)[C@@H]1CCc2nccc(=O)n21.COC1=N[C@H](C)CC1.COS(C)(=O)=O.C[C@@H]1CCC(=O)C1.O=C1N[C@@H]2[C@H]1[C@H]1C=C[C@@H]2C1.O=C=O.O=C=O.O=[C-][C@@H]1CCc2nccc(=O)n21.[Na+].[OH-]. The molecule has 8 atom stereocenters. The molecular weight excluding hydrogens is 968 g/mol. The summed E-state index contributed by atoms with van der Waals surface area (Å²) in [4.78, 5) is 110. The summed E-state index contributed by atoms with van der Waals surface area (Å²) < 4.78 is 31.3. The van der Waals surface area contributed by atoms with Crippen LogP contribution in [0.5, 0.6) is 0 Å². The number of fused-ring (bicyclic) bond motifs is 9. The monoisotopic (exact) mass is 1030 g/mol. The number of amides is 1. The van der Waals surface area contributed by atoms with Crippen LogP contribution in [0.4, 0.5) is 0 Å². The number of allylic oxidation sites excluding steroid dienone is 5. The minimum absolute atomic E-state index is 0. The molecule has 4 bridgehead atoms. The Bertz CT molecular complexity index is 2490. The van der Waals surface area contributed by atoms with Gasteiger partial charge in [0.25, 0.3) is 21.2 Å². The predicted molar refractivity (Wildman–Crippen MR) is 256 cm³/mol. The average Bonchev–Trinajstić information content (AvgIpc) is 4.18. The number of carbonyl (C=O) groups is 3. The summed E-state index contributed by atoms with van der Waals surface area (Å²) in [6, 6.07) is 3.06. The van der Waals surface area contributed by atoms with Crippen molar-refractivity contribution in [2.24, 2.45) is 40.5 Å². The molecule has 390 valence electrons. The number of Topliss-reactive ketones (excluding diaryl/α,β-unsaturated/α-hetero) is 2. The van der Waals surface area contributed by atoms with Gasteiger partial charge in [-0.1, -0.05) is 56.8 Å². The number of hydrogen-bond donors (Lipinski definition) is 1. The van der Waals surface area contributed by atoms with E-state index in [0.717, 1.165) is 75.4 Å². The van der Waals surface area contributed by atoms with Gasteiger partial charge in [0.05, 0.1) is 38.5 Å². The van der Waals surface area contributed by atoms with Gasteiger partial charge in [0.1, 0.15) is 17.4 Å². The molecule has 6 heterocycles. The minimum Gasteiger partial charge on any atom is -0.870 e. The number of methoxy groups -OCH3 is 1. The van der Waals surface area contributed by atoms with E-state index in [-0.39, 0.29) is 83.6 Å². The molecule has 4 aliphatic heterocycles. The van der Waals surface area contributed by atoms with Crippen molar-refractivity contribution in [3.8, 4) is 0 Å². The Balaban J connectivity index is 0.000000807. The molecule has 5 aliphatic carbocycles. The zero-order valence-electron chi connectivity index (χ0n) is 41.1. The molecule has 1 amide bonds. The standard InChI is InChI=1S/C9H10N2O2.C8H7N2O2.C8H9NO.C7H8.C6H11NO.C6H10O.C2H6O3S.2CO2.CH4.Na.H2O/c1-6(12)7-2-3-8-10-5-4-9(13)11(7)8;11-5-6-1-2-7-9-4-3-8(12)10(6)7;10-8-6-4-1-2-5(3-4)7(6)9-8;1-2-7-4-3-6(1)5-7;1-5-3-4-6(7-5)8-2;1-5-2-3-6(7)4-5;1-5-6(2,3)4;2*2-1-3;;;/h4-5,7H,2-3H2,1H3;3-4,6H,1-2H2;1-2,4-7H,3H2,(H,9,10);1-4,6-7H,5H2;5H,3-4H2,1-2H3;5H,2-4H2,1H3;1-2H3;;;1H4;;1H2/q;-1;;;;;;;;;+1;/p-1/t7-;6-;4-,5+,6+,7-;;2*5-;;;;;;/m000.11....../s1. The number of hydrogen-bond acceptors (Lipinski definition) is 18. The Hall–Kier alpha value is -5.44. The second-order valence-electron chi connectivity index (χ2n) is 17.4. The van der Waals surface area contributed by atoms with E-state index < -0.39 is 16.2 Å². The molecule has 0 aromatic carbocycles. The van der Waals surface area contributed by atoms with E-state index in [0.29, 0.717) is 66.6 Å². The van der Waals surface area contributed by atoms with E-state index in [9.17, 15) is 37.2 Å². The van der Waals surface area contributed by atoms with Gasteiger partial charge in [0.15, 0.2) is 11.7 Å². The van der Waals surface area contributed by atoms with E-state index in [1.54, 1.807) is 7.11 Å². The molecule has 0 radical (unpaired) electrons. The van der Waals surface area contributed by atoms with Gasteiger partial charge in [-0.15, -0.1) is 0 Å². The number of nitrogens with zero attached hydrogens (tertiary/aromatic N) is 5. The normalized spacial score (nSPS) is 26.1. The first-order chi connectivity index (χ1) is 32.8. The van der Waals surface area contributed by atoms with Crippen LogP contribution in [0.15, 0.2) is 75.6 Å². The number of ether oxygens (including phenoxy) is 1. The van der Waals surface area contributed by atoms with Crippen molar-refractivity contribution < 1.29 is 90.7 Å². The predicted octanol–water partition coefficient (Wildman–Crippen LogP) is 0.693. The molecule has 2 aromatic rings. The molecule has 0 spiro atoms. The van der Waals surface area contributed by atoms with Crippen molar-refractivity contribution in [2.45, 2.75) is 123 Å². The van der Waals surface area contributed by atoms with Crippen molar-refractivity contribution in [1.82, 2.24) is 24.4 Å². The summed E-state index contributed by atoms with van der Waals surface area (Å²) in [5, 5.41) is 2.95. The Morgan fingerprint density at radius 2 is 1.29 bits per heavy atom. The van der Waals surface area contributed by atoms with E-state index >= 15 is 0 Å². The number of rotatable bonds is 3.